The summed E-state index contributed by atoms with van der Waals surface area (Å²) in [5.41, 5.74) is -0.664. The molecule has 19 heavy (non-hydrogen) atoms. The quantitative estimate of drug-likeness (QED) is 0.477. The molecule has 1 aromatic heterocycles. The molecule has 1 aromatic rings. The van der Waals surface area contributed by atoms with Crippen LogP contribution in [0.2, 0.25) is 5.15 Å². The van der Waals surface area contributed by atoms with Crippen molar-refractivity contribution >= 4 is 23.2 Å². The van der Waals surface area contributed by atoms with Crippen LogP contribution in [0.3, 0.4) is 0 Å². The fourth-order valence-corrected chi connectivity index (χ4v) is 1.74. The van der Waals surface area contributed by atoms with Gasteiger partial charge in [0, 0.05) is 19.8 Å². The molecule has 8 heteroatoms. The lowest BCUT2D eigenvalue weighted by Gasteiger charge is -2.18. The minimum Gasteiger partial charge on any atom is -0.340 e. The van der Waals surface area contributed by atoms with Crippen molar-refractivity contribution in [3.63, 3.8) is 0 Å². The van der Waals surface area contributed by atoms with Gasteiger partial charge in [-0.3, -0.25) is 14.9 Å². The van der Waals surface area contributed by atoms with E-state index in [-0.39, 0.29) is 23.2 Å². The molecule has 1 unspecified atom stereocenters. The molecule has 1 heterocycles. The number of hydrogen-bond donors (Lipinski definition) is 0. The van der Waals surface area contributed by atoms with Crippen molar-refractivity contribution < 1.29 is 9.72 Å². The van der Waals surface area contributed by atoms with Crippen molar-refractivity contribution in [3.05, 3.63) is 33.1 Å². The molecule has 0 N–H and O–H groups in total. The summed E-state index contributed by atoms with van der Waals surface area (Å²) < 4.78 is 0. The van der Waals surface area contributed by atoms with Crippen LogP contribution in [0.25, 0.3) is 0 Å². The van der Waals surface area contributed by atoms with E-state index in [1.807, 2.05) is 6.07 Å². The van der Waals surface area contributed by atoms with E-state index in [0.717, 1.165) is 0 Å². The van der Waals surface area contributed by atoms with Crippen LogP contribution in [-0.4, -0.2) is 34.3 Å². The Morgan fingerprint density at radius 2 is 2.37 bits per heavy atom. The van der Waals surface area contributed by atoms with Gasteiger partial charge in [0.2, 0.25) is 5.15 Å². The molecule has 0 aliphatic carbocycles. The van der Waals surface area contributed by atoms with Crippen LogP contribution in [0.4, 0.5) is 5.69 Å². The van der Waals surface area contributed by atoms with Gasteiger partial charge in [0.1, 0.15) is 5.56 Å². The number of halogens is 1. The summed E-state index contributed by atoms with van der Waals surface area (Å²) in [6.45, 7) is 1.82. The monoisotopic (exact) mass is 282 g/mol. The number of nitriles is 1. The summed E-state index contributed by atoms with van der Waals surface area (Å²) in [4.78, 5) is 27.1. The Kier molecular flexibility index (Phi) is 4.78. The number of rotatable bonds is 4. The maximum atomic E-state index is 12.1. The molecule has 1 atom stereocenters. The van der Waals surface area contributed by atoms with E-state index >= 15 is 0 Å². The summed E-state index contributed by atoms with van der Waals surface area (Å²) in [7, 11) is 1.47. The summed E-state index contributed by atoms with van der Waals surface area (Å²) >= 11 is 5.63. The molecule has 0 radical (unpaired) electrons. The summed E-state index contributed by atoms with van der Waals surface area (Å²) in [5, 5.41) is 19.3. The van der Waals surface area contributed by atoms with Crippen molar-refractivity contribution in [2.45, 2.75) is 6.92 Å². The number of aromatic nitrogens is 1. The Morgan fingerprint density at radius 1 is 1.74 bits per heavy atom. The number of carbonyl (C=O) groups excluding carboxylic acids is 1. The molecule has 100 valence electrons. The van der Waals surface area contributed by atoms with Gasteiger partial charge in [-0.05, 0) is 13.0 Å². The van der Waals surface area contributed by atoms with Gasteiger partial charge < -0.3 is 4.90 Å². The maximum absolute atomic E-state index is 12.1. The van der Waals surface area contributed by atoms with Crippen LogP contribution in [0, 0.1) is 27.4 Å². The van der Waals surface area contributed by atoms with Crippen LogP contribution >= 0.6 is 11.6 Å². The minimum absolute atomic E-state index is 0.141. The highest BCUT2D eigenvalue weighted by atomic mass is 35.5. The Hall–Kier alpha value is -2.20. The van der Waals surface area contributed by atoms with Crippen LogP contribution in [0.15, 0.2) is 12.3 Å². The number of carbonyl (C=O) groups is 1. The smallest absolute Gasteiger partial charge is 0.319 e. The number of nitro groups is 1. The normalized spacial score (nSPS) is 11.5. The van der Waals surface area contributed by atoms with E-state index in [2.05, 4.69) is 4.98 Å². The Morgan fingerprint density at radius 3 is 2.89 bits per heavy atom. The molecule has 0 aliphatic rings. The minimum atomic E-state index is -0.746. The van der Waals surface area contributed by atoms with Gasteiger partial charge in [0.25, 0.3) is 5.91 Å². The number of amides is 1. The second-order valence-electron chi connectivity index (χ2n) is 3.97. The van der Waals surface area contributed by atoms with Gasteiger partial charge in [-0.2, -0.15) is 5.26 Å². The molecule has 0 bridgehead atoms. The van der Waals surface area contributed by atoms with E-state index in [4.69, 9.17) is 16.9 Å². The predicted molar refractivity (Wildman–Crippen MR) is 67.6 cm³/mol. The lowest BCUT2D eigenvalue weighted by Crippen LogP contribution is -2.31. The van der Waals surface area contributed by atoms with Crippen molar-refractivity contribution in [3.8, 4) is 6.07 Å². The molecular formula is C11H11ClN4O3. The Bertz CT molecular complexity index is 555. The van der Waals surface area contributed by atoms with E-state index < -0.39 is 16.5 Å². The third-order valence-corrected chi connectivity index (χ3v) is 2.68. The maximum Gasteiger partial charge on any atom is 0.319 e. The first-order valence-corrected chi connectivity index (χ1v) is 5.70. The summed E-state index contributed by atoms with van der Waals surface area (Å²) in [5.74, 6) is -0.941. The van der Waals surface area contributed by atoms with Gasteiger partial charge in [0.15, 0.2) is 0 Å². The molecule has 0 saturated carbocycles. The zero-order valence-electron chi connectivity index (χ0n) is 10.3. The average Bonchev–Trinajstić information content (AvgIpc) is 2.36. The van der Waals surface area contributed by atoms with Crippen molar-refractivity contribution in [2.24, 2.45) is 5.92 Å². The van der Waals surface area contributed by atoms with Crippen LogP contribution < -0.4 is 0 Å². The average molecular weight is 283 g/mol. The van der Waals surface area contributed by atoms with E-state index in [9.17, 15) is 14.9 Å². The first-order valence-electron chi connectivity index (χ1n) is 5.32. The fraction of sp³-hybridized carbons (Fsp3) is 0.364. The predicted octanol–water partition coefficient (Wildman–Crippen LogP) is 1.87. The van der Waals surface area contributed by atoms with Crippen molar-refractivity contribution in [1.29, 1.82) is 5.26 Å². The van der Waals surface area contributed by atoms with Crippen molar-refractivity contribution in [1.82, 2.24) is 9.88 Å². The molecule has 0 aromatic carbocycles. The molecule has 1 amide bonds. The molecule has 0 fully saturated rings. The van der Waals surface area contributed by atoms with E-state index in [1.54, 1.807) is 6.92 Å². The lowest BCUT2D eigenvalue weighted by atomic mass is 10.1. The fourth-order valence-electron chi connectivity index (χ4n) is 1.51. The first-order chi connectivity index (χ1) is 8.88. The van der Waals surface area contributed by atoms with Gasteiger partial charge in [-0.25, -0.2) is 4.98 Å². The molecule has 0 aliphatic heterocycles. The van der Waals surface area contributed by atoms with Crippen LogP contribution in [0.5, 0.6) is 0 Å². The number of pyridine rings is 1. The molecule has 1 rings (SSSR count). The molecule has 0 spiro atoms. The summed E-state index contributed by atoms with van der Waals surface area (Å²) in [6.07, 6.45) is 1.23. The largest absolute Gasteiger partial charge is 0.340 e. The molecule has 7 nitrogen and oxygen atoms in total. The topological polar surface area (TPSA) is 100 Å². The third-order valence-electron chi connectivity index (χ3n) is 2.41. The number of hydrogen-bond acceptors (Lipinski definition) is 5. The molecular weight excluding hydrogens is 272 g/mol. The zero-order chi connectivity index (χ0) is 14.6. The zero-order valence-corrected chi connectivity index (χ0v) is 11.1. The number of nitrogens with zero attached hydrogens (tertiary/aromatic N) is 4. The van der Waals surface area contributed by atoms with Gasteiger partial charge in [0.05, 0.1) is 16.9 Å². The van der Waals surface area contributed by atoms with Gasteiger partial charge in [-0.1, -0.05) is 11.6 Å². The Balaban J connectivity index is 3.10. The van der Waals surface area contributed by atoms with E-state index in [1.165, 1.54) is 24.2 Å². The highest BCUT2D eigenvalue weighted by Gasteiger charge is 2.27. The first kappa shape index (κ1) is 14.9. The second-order valence-corrected chi connectivity index (χ2v) is 4.33. The van der Waals surface area contributed by atoms with Crippen molar-refractivity contribution in [2.75, 3.05) is 13.6 Å². The van der Waals surface area contributed by atoms with Crippen LogP contribution in [0.1, 0.15) is 17.3 Å². The Labute approximate surface area is 114 Å². The molecule has 0 saturated heterocycles. The second kappa shape index (κ2) is 6.11. The van der Waals surface area contributed by atoms with Gasteiger partial charge >= 0.3 is 5.69 Å². The van der Waals surface area contributed by atoms with Gasteiger partial charge in [-0.15, -0.1) is 0 Å². The highest BCUT2D eigenvalue weighted by Crippen LogP contribution is 2.26. The summed E-state index contributed by atoms with van der Waals surface area (Å²) in [6, 6.07) is 3.22. The van der Waals surface area contributed by atoms with Crippen LogP contribution in [-0.2, 0) is 0 Å². The van der Waals surface area contributed by atoms with E-state index in [0.29, 0.717) is 0 Å². The SMILES string of the molecule is CC(C#N)CN(C)C(=O)c1ccnc(Cl)c1[N+](=O)[O-]. The third kappa shape index (κ3) is 3.39. The lowest BCUT2D eigenvalue weighted by molar-refractivity contribution is -0.385. The highest BCUT2D eigenvalue weighted by molar-refractivity contribution is 6.32. The standard InChI is InChI=1S/C11H11ClN4O3/c1-7(5-13)6-15(2)11(17)8-3-4-14-10(12)9(8)16(18)19/h3-4,7H,6H2,1-2H3.